The first-order chi connectivity index (χ1) is 9.43. The van der Waals surface area contributed by atoms with E-state index in [1.807, 2.05) is 0 Å². The third-order valence-electron chi connectivity index (χ3n) is 3.60. The van der Waals surface area contributed by atoms with Gasteiger partial charge in [0, 0.05) is 18.5 Å². The Kier molecular flexibility index (Phi) is 4.43. The number of nitrogens with two attached hydrogens (primary N) is 1. The van der Waals surface area contributed by atoms with Crippen molar-refractivity contribution in [1.29, 1.82) is 0 Å². The molecule has 0 aliphatic rings. The fraction of sp³-hybridized carbons (Fsp3) is 0.562. The standard InChI is InChI=1S/C16H24FN3/c1-10(2)7-12(9-18)16-19-14-6-5-13(17)8-15(14)20(16)11(3)4/h5-6,8,10-12H,7,9,18H2,1-4H3. The van der Waals surface area contributed by atoms with Gasteiger partial charge in [-0.15, -0.1) is 0 Å². The summed E-state index contributed by atoms with van der Waals surface area (Å²) in [5.41, 5.74) is 7.65. The predicted molar refractivity (Wildman–Crippen MR) is 81.3 cm³/mol. The first kappa shape index (κ1) is 15.0. The maximum absolute atomic E-state index is 13.5. The number of halogens is 1. The van der Waals surface area contributed by atoms with Gasteiger partial charge in [0.05, 0.1) is 11.0 Å². The second-order valence-corrected chi connectivity index (χ2v) is 6.13. The minimum Gasteiger partial charge on any atom is -0.330 e. The van der Waals surface area contributed by atoms with Crippen molar-refractivity contribution in [3.8, 4) is 0 Å². The molecule has 1 aromatic heterocycles. The summed E-state index contributed by atoms with van der Waals surface area (Å²) in [6.45, 7) is 9.13. The van der Waals surface area contributed by atoms with Crippen LogP contribution in [0.3, 0.4) is 0 Å². The van der Waals surface area contributed by atoms with Gasteiger partial charge in [0.15, 0.2) is 0 Å². The molecule has 0 aliphatic carbocycles. The van der Waals surface area contributed by atoms with E-state index in [-0.39, 0.29) is 17.8 Å². The van der Waals surface area contributed by atoms with Gasteiger partial charge in [-0.3, -0.25) is 0 Å². The molecule has 0 saturated carbocycles. The Hall–Kier alpha value is -1.42. The van der Waals surface area contributed by atoms with E-state index >= 15 is 0 Å². The van der Waals surface area contributed by atoms with Crippen molar-refractivity contribution >= 4 is 11.0 Å². The number of imidazole rings is 1. The molecule has 110 valence electrons. The zero-order valence-corrected chi connectivity index (χ0v) is 12.7. The molecule has 0 bridgehead atoms. The van der Waals surface area contributed by atoms with Crippen molar-refractivity contribution in [3.05, 3.63) is 29.8 Å². The molecule has 1 heterocycles. The van der Waals surface area contributed by atoms with Crippen LogP contribution in [0, 0.1) is 11.7 Å². The lowest BCUT2D eigenvalue weighted by atomic mass is 9.96. The van der Waals surface area contributed by atoms with Crippen molar-refractivity contribution in [2.45, 2.75) is 46.1 Å². The highest BCUT2D eigenvalue weighted by Crippen LogP contribution is 2.29. The minimum absolute atomic E-state index is 0.216. The number of hydrogen-bond acceptors (Lipinski definition) is 2. The molecule has 4 heteroatoms. The summed E-state index contributed by atoms with van der Waals surface area (Å²) in [4.78, 5) is 4.72. The number of nitrogens with zero attached hydrogens (tertiary/aromatic N) is 2. The van der Waals surface area contributed by atoms with Crippen molar-refractivity contribution in [1.82, 2.24) is 9.55 Å². The fourth-order valence-corrected chi connectivity index (χ4v) is 2.79. The maximum atomic E-state index is 13.5. The summed E-state index contributed by atoms with van der Waals surface area (Å²) in [5.74, 6) is 1.53. The van der Waals surface area contributed by atoms with Crippen LogP contribution in [0.15, 0.2) is 18.2 Å². The van der Waals surface area contributed by atoms with Crippen molar-refractivity contribution in [3.63, 3.8) is 0 Å². The van der Waals surface area contributed by atoms with Crippen LogP contribution in [0.1, 0.15) is 51.9 Å². The van der Waals surface area contributed by atoms with E-state index in [1.54, 1.807) is 12.1 Å². The normalized spacial score (nSPS) is 13.6. The van der Waals surface area contributed by atoms with Gasteiger partial charge in [-0.25, -0.2) is 9.37 Å². The van der Waals surface area contributed by atoms with Crippen molar-refractivity contribution in [2.75, 3.05) is 6.54 Å². The Bertz CT molecular complexity index is 587. The third-order valence-corrected chi connectivity index (χ3v) is 3.60. The van der Waals surface area contributed by atoms with Crippen molar-refractivity contribution < 1.29 is 4.39 Å². The van der Waals surface area contributed by atoms with Gasteiger partial charge in [-0.05, 0) is 44.4 Å². The molecule has 0 aliphatic heterocycles. The van der Waals surface area contributed by atoms with Gasteiger partial charge >= 0.3 is 0 Å². The Labute approximate surface area is 120 Å². The van der Waals surface area contributed by atoms with E-state index in [1.165, 1.54) is 6.07 Å². The van der Waals surface area contributed by atoms with Gasteiger partial charge in [-0.1, -0.05) is 13.8 Å². The molecule has 2 N–H and O–H groups in total. The molecule has 3 nitrogen and oxygen atoms in total. The second kappa shape index (κ2) is 5.92. The number of rotatable bonds is 5. The lowest BCUT2D eigenvalue weighted by molar-refractivity contribution is 0.459. The van der Waals surface area contributed by atoms with Crippen LogP contribution in [-0.4, -0.2) is 16.1 Å². The smallest absolute Gasteiger partial charge is 0.125 e. The Balaban J connectivity index is 2.59. The van der Waals surface area contributed by atoms with Gasteiger partial charge in [-0.2, -0.15) is 0 Å². The molecule has 0 amide bonds. The average Bonchev–Trinajstić information content (AvgIpc) is 2.73. The monoisotopic (exact) mass is 277 g/mol. The first-order valence-corrected chi connectivity index (χ1v) is 7.31. The van der Waals surface area contributed by atoms with Crippen LogP contribution >= 0.6 is 0 Å². The van der Waals surface area contributed by atoms with Crippen LogP contribution in [0.2, 0.25) is 0 Å². The van der Waals surface area contributed by atoms with E-state index in [2.05, 4.69) is 32.3 Å². The van der Waals surface area contributed by atoms with Gasteiger partial charge in [0.1, 0.15) is 11.6 Å². The summed E-state index contributed by atoms with van der Waals surface area (Å²) in [7, 11) is 0. The van der Waals surface area contributed by atoms with E-state index < -0.39 is 0 Å². The topological polar surface area (TPSA) is 43.8 Å². The lowest BCUT2D eigenvalue weighted by Crippen LogP contribution is -2.20. The number of fused-ring (bicyclic) bond motifs is 1. The van der Waals surface area contributed by atoms with Gasteiger partial charge < -0.3 is 10.3 Å². The van der Waals surface area contributed by atoms with E-state index in [9.17, 15) is 4.39 Å². The highest BCUT2D eigenvalue weighted by molar-refractivity contribution is 5.76. The Morgan fingerprint density at radius 1 is 1.25 bits per heavy atom. The summed E-state index contributed by atoms with van der Waals surface area (Å²) in [6, 6.07) is 5.01. The third kappa shape index (κ3) is 2.85. The number of benzene rings is 1. The van der Waals surface area contributed by atoms with E-state index in [0.717, 1.165) is 23.3 Å². The van der Waals surface area contributed by atoms with Crippen LogP contribution < -0.4 is 5.73 Å². The molecule has 0 fully saturated rings. The van der Waals surface area contributed by atoms with E-state index in [4.69, 9.17) is 10.7 Å². The molecule has 0 saturated heterocycles. The predicted octanol–water partition coefficient (Wildman–Crippen LogP) is 3.84. The maximum Gasteiger partial charge on any atom is 0.125 e. The summed E-state index contributed by atoms with van der Waals surface area (Å²) in [6.07, 6.45) is 0.995. The fourth-order valence-electron chi connectivity index (χ4n) is 2.79. The van der Waals surface area contributed by atoms with Crippen molar-refractivity contribution in [2.24, 2.45) is 11.7 Å². The quantitative estimate of drug-likeness (QED) is 0.902. The summed E-state index contributed by atoms with van der Waals surface area (Å²) >= 11 is 0. The van der Waals surface area contributed by atoms with Gasteiger partial charge in [0.2, 0.25) is 0 Å². The largest absolute Gasteiger partial charge is 0.330 e. The molecule has 0 radical (unpaired) electrons. The molecule has 20 heavy (non-hydrogen) atoms. The first-order valence-electron chi connectivity index (χ1n) is 7.31. The SMILES string of the molecule is CC(C)CC(CN)c1nc2ccc(F)cc2n1C(C)C. The summed E-state index contributed by atoms with van der Waals surface area (Å²) in [5, 5.41) is 0. The molecular formula is C16H24FN3. The van der Waals surface area contributed by atoms with Gasteiger partial charge in [0.25, 0.3) is 0 Å². The molecule has 1 unspecified atom stereocenters. The zero-order chi connectivity index (χ0) is 14.9. The Morgan fingerprint density at radius 3 is 2.50 bits per heavy atom. The van der Waals surface area contributed by atoms with Crippen LogP contribution in [-0.2, 0) is 0 Å². The molecular weight excluding hydrogens is 253 g/mol. The van der Waals surface area contributed by atoms with E-state index in [0.29, 0.717) is 12.5 Å². The molecule has 2 rings (SSSR count). The highest BCUT2D eigenvalue weighted by atomic mass is 19.1. The Morgan fingerprint density at radius 2 is 1.95 bits per heavy atom. The minimum atomic E-state index is -0.223. The average molecular weight is 277 g/mol. The molecule has 2 aromatic rings. The molecule has 1 aromatic carbocycles. The van der Waals surface area contributed by atoms with Crippen LogP contribution in [0.25, 0.3) is 11.0 Å². The van der Waals surface area contributed by atoms with Crippen LogP contribution in [0.4, 0.5) is 4.39 Å². The highest BCUT2D eigenvalue weighted by Gasteiger charge is 2.21. The molecule has 0 spiro atoms. The van der Waals surface area contributed by atoms with Crippen LogP contribution in [0.5, 0.6) is 0 Å². The zero-order valence-electron chi connectivity index (χ0n) is 12.7. The lowest BCUT2D eigenvalue weighted by Gasteiger charge is -2.21. The second-order valence-electron chi connectivity index (χ2n) is 6.13. The number of aromatic nitrogens is 2. The molecule has 1 atom stereocenters. The summed E-state index contributed by atoms with van der Waals surface area (Å²) < 4.78 is 15.6. The number of hydrogen-bond donors (Lipinski definition) is 1.